The highest BCUT2D eigenvalue weighted by atomic mass is 32.2. The fraction of sp³-hybridized carbons (Fsp3) is 0.737. The zero-order chi connectivity index (χ0) is 18.1. The van der Waals surface area contributed by atoms with E-state index in [1.54, 1.807) is 11.8 Å². The van der Waals surface area contributed by atoms with Crippen molar-refractivity contribution in [3.8, 4) is 0 Å². The predicted molar refractivity (Wildman–Crippen MR) is 106 cm³/mol. The molecule has 1 aromatic rings. The summed E-state index contributed by atoms with van der Waals surface area (Å²) in [6, 6.07) is 1.97. The number of hydrogen-bond acceptors (Lipinski definition) is 5. The molecule has 1 fully saturated rings. The third-order valence-electron chi connectivity index (χ3n) is 4.66. The fourth-order valence-corrected chi connectivity index (χ4v) is 3.82. The van der Waals surface area contributed by atoms with E-state index in [-0.39, 0.29) is 11.9 Å². The van der Waals surface area contributed by atoms with Crippen LogP contribution in [0.5, 0.6) is 0 Å². The molecule has 1 saturated carbocycles. The van der Waals surface area contributed by atoms with Crippen LogP contribution in [-0.2, 0) is 4.79 Å². The van der Waals surface area contributed by atoms with Crippen molar-refractivity contribution in [3.63, 3.8) is 0 Å². The van der Waals surface area contributed by atoms with Crippen LogP contribution in [0.1, 0.15) is 62.8 Å². The van der Waals surface area contributed by atoms with Gasteiger partial charge in [-0.25, -0.2) is 9.97 Å². The number of rotatable bonds is 7. The molecule has 1 aromatic heterocycles. The Morgan fingerprint density at radius 2 is 1.76 bits per heavy atom. The standard InChI is InChI=1S/C19H32N4OS/c1-14-13-15(2)21-19(20-14)23-17(11-12-25-3)18(24)22-16-9-7-5-4-6-8-10-16/h13,16-17H,4-12H2,1-3H3,(H,22,24)(H,20,21,23)/t17-/m1/s1. The minimum Gasteiger partial charge on any atom is -0.352 e. The molecule has 0 spiro atoms. The van der Waals surface area contributed by atoms with Gasteiger partial charge in [0.15, 0.2) is 0 Å². The van der Waals surface area contributed by atoms with Crippen LogP contribution in [0, 0.1) is 13.8 Å². The van der Waals surface area contributed by atoms with Crippen molar-refractivity contribution in [2.24, 2.45) is 0 Å². The third-order valence-corrected chi connectivity index (χ3v) is 5.31. The SMILES string of the molecule is CSCC[C@@H](Nc1nc(C)cc(C)n1)C(=O)NC1CCCCCCC1. The van der Waals surface area contributed by atoms with Crippen molar-refractivity contribution < 1.29 is 4.79 Å². The lowest BCUT2D eigenvalue weighted by atomic mass is 9.96. The number of aryl methyl sites for hydroxylation is 2. The molecule has 0 saturated heterocycles. The van der Waals surface area contributed by atoms with Gasteiger partial charge in [-0.15, -0.1) is 0 Å². The molecule has 1 atom stereocenters. The molecule has 0 aromatic carbocycles. The number of thioether (sulfide) groups is 1. The van der Waals surface area contributed by atoms with E-state index in [4.69, 9.17) is 0 Å². The number of amides is 1. The number of anilines is 1. The van der Waals surface area contributed by atoms with E-state index in [2.05, 4.69) is 26.9 Å². The summed E-state index contributed by atoms with van der Waals surface area (Å²) < 4.78 is 0. The molecular formula is C19H32N4OS. The maximum absolute atomic E-state index is 12.9. The molecule has 0 unspecified atom stereocenters. The van der Waals surface area contributed by atoms with E-state index >= 15 is 0 Å². The monoisotopic (exact) mass is 364 g/mol. The van der Waals surface area contributed by atoms with Gasteiger partial charge in [0.2, 0.25) is 11.9 Å². The Hall–Kier alpha value is -1.30. The highest BCUT2D eigenvalue weighted by Crippen LogP contribution is 2.18. The zero-order valence-corrected chi connectivity index (χ0v) is 16.6. The fourth-order valence-electron chi connectivity index (χ4n) is 3.35. The maximum atomic E-state index is 12.9. The molecule has 6 heteroatoms. The average Bonchev–Trinajstić information content (AvgIpc) is 2.52. The first-order valence-electron chi connectivity index (χ1n) is 9.46. The number of hydrogen-bond donors (Lipinski definition) is 2. The minimum atomic E-state index is -0.279. The van der Waals surface area contributed by atoms with Crippen LogP contribution in [0.25, 0.3) is 0 Å². The Morgan fingerprint density at radius 1 is 1.16 bits per heavy atom. The van der Waals surface area contributed by atoms with Gasteiger partial charge >= 0.3 is 0 Å². The summed E-state index contributed by atoms with van der Waals surface area (Å²) in [7, 11) is 0. The lowest BCUT2D eigenvalue weighted by Crippen LogP contribution is -2.45. The summed E-state index contributed by atoms with van der Waals surface area (Å²) in [6.45, 7) is 3.90. The molecule has 0 radical (unpaired) electrons. The number of nitrogens with zero attached hydrogens (tertiary/aromatic N) is 2. The molecule has 1 amide bonds. The van der Waals surface area contributed by atoms with Crippen LogP contribution in [-0.4, -0.2) is 40.0 Å². The summed E-state index contributed by atoms with van der Waals surface area (Å²) in [5.74, 6) is 1.57. The molecule has 1 aliphatic carbocycles. The Bertz CT molecular complexity index is 524. The summed E-state index contributed by atoms with van der Waals surface area (Å²) in [5.41, 5.74) is 1.83. The van der Waals surface area contributed by atoms with Crippen molar-refractivity contribution in [2.75, 3.05) is 17.3 Å². The molecule has 2 rings (SSSR count). The van der Waals surface area contributed by atoms with E-state index in [1.165, 1.54) is 32.1 Å². The predicted octanol–water partition coefficient (Wildman–Crippen LogP) is 3.86. The molecule has 0 bridgehead atoms. The zero-order valence-electron chi connectivity index (χ0n) is 15.8. The number of carbonyl (C=O) groups excluding carboxylic acids is 1. The Balaban J connectivity index is 2.00. The Morgan fingerprint density at radius 3 is 2.36 bits per heavy atom. The first-order chi connectivity index (χ1) is 12.1. The second-order valence-corrected chi connectivity index (χ2v) is 7.99. The molecular weight excluding hydrogens is 332 g/mol. The van der Waals surface area contributed by atoms with Gasteiger partial charge in [-0.2, -0.15) is 11.8 Å². The summed E-state index contributed by atoms with van der Waals surface area (Å²) >= 11 is 1.76. The second-order valence-electron chi connectivity index (χ2n) is 7.00. The van der Waals surface area contributed by atoms with Crippen molar-refractivity contribution in [1.82, 2.24) is 15.3 Å². The van der Waals surface area contributed by atoms with Crippen molar-refractivity contribution in [3.05, 3.63) is 17.5 Å². The lowest BCUT2D eigenvalue weighted by molar-refractivity contribution is -0.122. The van der Waals surface area contributed by atoms with Gasteiger partial charge in [-0.1, -0.05) is 32.1 Å². The van der Waals surface area contributed by atoms with E-state index in [9.17, 15) is 4.79 Å². The van der Waals surface area contributed by atoms with E-state index < -0.39 is 0 Å². The van der Waals surface area contributed by atoms with Crippen molar-refractivity contribution in [1.29, 1.82) is 0 Å². The van der Waals surface area contributed by atoms with Gasteiger partial charge in [-0.05, 0) is 51.2 Å². The topological polar surface area (TPSA) is 66.9 Å². The van der Waals surface area contributed by atoms with Gasteiger partial charge in [0.05, 0.1) is 0 Å². The number of nitrogens with one attached hydrogen (secondary N) is 2. The van der Waals surface area contributed by atoms with Crippen molar-refractivity contribution in [2.45, 2.75) is 77.3 Å². The first kappa shape index (κ1) is 20.0. The van der Waals surface area contributed by atoms with E-state index in [0.717, 1.165) is 36.4 Å². The van der Waals surface area contributed by atoms with Crippen LogP contribution >= 0.6 is 11.8 Å². The average molecular weight is 365 g/mol. The highest BCUT2D eigenvalue weighted by Gasteiger charge is 2.22. The lowest BCUT2D eigenvalue weighted by Gasteiger charge is -2.25. The third kappa shape index (κ3) is 7.22. The molecule has 2 N–H and O–H groups in total. The van der Waals surface area contributed by atoms with E-state index in [1.807, 2.05) is 19.9 Å². The molecule has 140 valence electrons. The first-order valence-corrected chi connectivity index (χ1v) is 10.9. The van der Waals surface area contributed by atoms with Gasteiger partial charge < -0.3 is 10.6 Å². The Kier molecular flexibility index (Phi) is 8.52. The van der Waals surface area contributed by atoms with Gasteiger partial charge in [0.25, 0.3) is 0 Å². The van der Waals surface area contributed by atoms with Gasteiger partial charge in [-0.3, -0.25) is 4.79 Å². The largest absolute Gasteiger partial charge is 0.352 e. The summed E-state index contributed by atoms with van der Waals surface area (Å²) in [5, 5.41) is 6.54. The van der Waals surface area contributed by atoms with Crippen molar-refractivity contribution >= 4 is 23.6 Å². The van der Waals surface area contributed by atoms with Crippen LogP contribution in [0.4, 0.5) is 5.95 Å². The molecule has 1 heterocycles. The van der Waals surface area contributed by atoms with E-state index in [0.29, 0.717) is 12.0 Å². The number of carbonyl (C=O) groups is 1. The van der Waals surface area contributed by atoms with Gasteiger partial charge in [0, 0.05) is 17.4 Å². The van der Waals surface area contributed by atoms with Crippen LogP contribution in [0.2, 0.25) is 0 Å². The smallest absolute Gasteiger partial charge is 0.242 e. The molecule has 5 nitrogen and oxygen atoms in total. The normalized spacial score (nSPS) is 17.4. The second kappa shape index (κ2) is 10.6. The number of aromatic nitrogens is 2. The van der Waals surface area contributed by atoms with Crippen LogP contribution in [0.3, 0.4) is 0 Å². The quantitative estimate of drug-likeness (QED) is 0.769. The van der Waals surface area contributed by atoms with Crippen LogP contribution in [0.15, 0.2) is 6.07 Å². The molecule has 25 heavy (non-hydrogen) atoms. The highest BCUT2D eigenvalue weighted by molar-refractivity contribution is 7.98. The maximum Gasteiger partial charge on any atom is 0.242 e. The minimum absolute atomic E-state index is 0.0855. The summed E-state index contributed by atoms with van der Waals surface area (Å²) in [4.78, 5) is 21.7. The molecule has 0 aliphatic heterocycles. The van der Waals surface area contributed by atoms with Crippen LogP contribution < -0.4 is 10.6 Å². The molecule has 1 aliphatic rings. The Labute approximate surface area is 156 Å². The summed E-state index contributed by atoms with van der Waals surface area (Å²) in [6.07, 6.45) is 11.4. The van der Waals surface area contributed by atoms with Gasteiger partial charge in [0.1, 0.15) is 6.04 Å².